The van der Waals surface area contributed by atoms with Gasteiger partial charge < -0.3 is 9.47 Å². The van der Waals surface area contributed by atoms with Crippen LogP contribution < -0.4 is 14.8 Å². The van der Waals surface area contributed by atoms with E-state index in [0.29, 0.717) is 12.4 Å². The van der Waals surface area contributed by atoms with Gasteiger partial charge in [-0.2, -0.15) is 5.26 Å². The summed E-state index contributed by atoms with van der Waals surface area (Å²) < 4.78 is 10.3. The van der Waals surface area contributed by atoms with Gasteiger partial charge in [0.05, 0.1) is 20.8 Å². The molecule has 0 bridgehead atoms. The van der Waals surface area contributed by atoms with E-state index in [-0.39, 0.29) is 0 Å². The summed E-state index contributed by atoms with van der Waals surface area (Å²) in [5, 5.41) is 10.9. The molecule has 0 heterocycles. The van der Waals surface area contributed by atoms with E-state index >= 15 is 0 Å². The zero-order valence-electron chi connectivity index (χ0n) is 10.2. The van der Waals surface area contributed by atoms with E-state index in [1.807, 2.05) is 18.3 Å². The number of methoxy groups -OCH3 is 2. The highest BCUT2D eigenvalue weighted by atomic mass is 16.5. The molecule has 0 aromatic heterocycles. The maximum Gasteiger partial charge on any atom is 0.182 e. The molecular weight excluding hydrogens is 218 g/mol. The second-order valence-corrected chi connectivity index (χ2v) is 3.36. The number of hydrogen-bond donors (Lipinski definition) is 1. The maximum absolute atomic E-state index is 8.42. The summed E-state index contributed by atoms with van der Waals surface area (Å²) in [5.41, 5.74) is 0.959. The average Bonchev–Trinajstić information content (AvgIpc) is 2.36. The lowest BCUT2D eigenvalue weighted by atomic mass is 10.2. The highest BCUT2D eigenvalue weighted by Gasteiger charge is 2.01. The highest BCUT2D eigenvalue weighted by molar-refractivity contribution is 5.80. The quantitative estimate of drug-likeness (QED) is 0.372. The summed E-state index contributed by atoms with van der Waals surface area (Å²) in [6.45, 7) is 2.20. The van der Waals surface area contributed by atoms with E-state index in [1.165, 1.54) is 0 Å². The second-order valence-electron chi connectivity index (χ2n) is 3.36. The molecule has 0 aliphatic heterocycles. The van der Waals surface area contributed by atoms with Crippen LogP contribution in [0.2, 0.25) is 0 Å². The molecule has 0 amide bonds. The Labute approximate surface area is 101 Å². The van der Waals surface area contributed by atoms with Crippen LogP contribution >= 0.6 is 0 Å². The number of aliphatic imine (C=N–C) groups is 1. The van der Waals surface area contributed by atoms with Gasteiger partial charge in [-0.05, 0) is 24.6 Å². The first-order valence-electron chi connectivity index (χ1n) is 5.07. The van der Waals surface area contributed by atoms with Crippen LogP contribution in [-0.4, -0.2) is 20.1 Å². The van der Waals surface area contributed by atoms with Gasteiger partial charge in [-0.15, -0.1) is 0 Å². The molecule has 5 heteroatoms. The predicted octanol–water partition coefficient (Wildman–Crippen LogP) is 1.69. The third-order valence-corrected chi connectivity index (χ3v) is 2.15. The molecule has 0 spiro atoms. The van der Waals surface area contributed by atoms with Gasteiger partial charge in [0.25, 0.3) is 0 Å². The van der Waals surface area contributed by atoms with Crippen LogP contribution in [0.3, 0.4) is 0 Å². The fourth-order valence-electron chi connectivity index (χ4n) is 1.29. The third kappa shape index (κ3) is 4.03. The minimum atomic E-state index is 0.466. The molecular formula is C12H15N3O2. The Hall–Kier alpha value is -2.22. The molecule has 5 nitrogen and oxygen atoms in total. The first kappa shape index (κ1) is 12.8. The molecule has 1 rings (SSSR count). The number of nitrogens with one attached hydrogen (secondary N) is 1. The molecule has 0 saturated carbocycles. The van der Waals surface area contributed by atoms with Crippen molar-refractivity contribution in [1.82, 2.24) is 5.32 Å². The third-order valence-electron chi connectivity index (χ3n) is 2.15. The van der Waals surface area contributed by atoms with Crippen molar-refractivity contribution in [2.75, 3.05) is 14.2 Å². The maximum atomic E-state index is 8.42. The van der Waals surface area contributed by atoms with Gasteiger partial charge in [0.2, 0.25) is 0 Å². The van der Waals surface area contributed by atoms with Gasteiger partial charge in [-0.1, -0.05) is 0 Å². The second kappa shape index (κ2) is 6.38. The largest absolute Gasteiger partial charge is 0.497 e. The van der Waals surface area contributed by atoms with Gasteiger partial charge in [0, 0.05) is 6.07 Å². The fraction of sp³-hybridized carbons (Fsp3) is 0.333. The van der Waals surface area contributed by atoms with E-state index in [2.05, 4.69) is 10.3 Å². The molecule has 90 valence electrons. The summed E-state index contributed by atoms with van der Waals surface area (Å²) in [4.78, 5) is 4.21. The van der Waals surface area contributed by atoms with E-state index < -0.39 is 0 Å². The lowest BCUT2D eigenvalue weighted by molar-refractivity contribution is 0.393. The fourth-order valence-corrected chi connectivity index (χ4v) is 1.29. The highest BCUT2D eigenvalue weighted by Crippen LogP contribution is 2.22. The normalized spacial score (nSPS) is 10.6. The molecule has 0 unspecified atom stereocenters. The predicted molar refractivity (Wildman–Crippen MR) is 65.1 cm³/mol. The van der Waals surface area contributed by atoms with E-state index in [1.54, 1.807) is 27.2 Å². The van der Waals surface area contributed by atoms with Crippen LogP contribution in [0.4, 0.5) is 0 Å². The van der Waals surface area contributed by atoms with Gasteiger partial charge in [-0.3, -0.25) is 10.3 Å². The first-order valence-corrected chi connectivity index (χ1v) is 5.07. The van der Waals surface area contributed by atoms with Crippen molar-refractivity contribution < 1.29 is 9.47 Å². The average molecular weight is 233 g/mol. The molecule has 0 saturated heterocycles. The molecule has 1 aromatic carbocycles. The summed E-state index contributed by atoms with van der Waals surface area (Å²) in [5.74, 6) is 2.02. The minimum Gasteiger partial charge on any atom is -0.497 e. The van der Waals surface area contributed by atoms with Crippen molar-refractivity contribution >= 4 is 5.84 Å². The van der Waals surface area contributed by atoms with Crippen molar-refractivity contribution in [3.63, 3.8) is 0 Å². The van der Waals surface area contributed by atoms with Gasteiger partial charge in [0.15, 0.2) is 6.19 Å². The van der Waals surface area contributed by atoms with Crippen LogP contribution in [0, 0.1) is 11.5 Å². The smallest absolute Gasteiger partial charge is 0.182 e. The van der Waals surface area contributed by atoms with Crippen molar-refractivity contribution in [2.45, 2.75) is 13.5 Å². The van der Waals surface area contributed by atoms with Crippen LogP contribution in [-0.2, 0) is 6.54 Å². The number of rotatable bonds is 4. The Morgan fingerprint density at radius 3 is 2.35 bits per heavy atom. The zero-order chi connectivity index (χ0) is 12.7. The van der Waals surface area contributed by atoms with Crippen LogP contribution in [0.1, 0.15) is 12.5 Å². The Bertz CT molecular complexity index is 427. The number of nitriles is 1. The van der Waals surface area contributed by atoms with Crippen LogP contribution in [0.25, 0.3) is 0 Å². The van der Waals surface area contributed by atoms with Crippen molar-refractivity contribution in [2.24, 2.45) is 4.99 Å². The minimum absolute atomic E-state index is 0.466. The summed E-state index contributed by atoms with van der Waals surface area (Å²) >= 11 is 0. The molecule has 0 aliphatic carbocycles. The number of hydrogen-bond acceptors (Lipinski definition) is 4. The Balaban J connectivity index is 2.84. The number of nitrogens with zero attached hydrogens (tertiary/aromatic N) is 2. The SMILES string of the molecule is COc1cc(CN=C(C)NC#N)cc(OC)c1. The zero-order valence-corrected chi connectivity index (χ0v) is 10.2. The van der Waals surface area contributed by atoms with E-state index in [0.717, 1.165) is 17.1 Å². The molecule has 0 atom stereocenters. The standard InChI is InChI=1S/C12H15N3O2/c1-9(15-8-13)14-7-10-4-11(16-2)6-12(5-10)17-3/h4-6H,7H2,1-3H3,(H,14,15). The molecule has 17 heavy (non-hydrogen) atoms. The Morgan fingerprint density at radius 1 is 1.29 bits per heavy atom. The van der Waals surface area contributed by atoms with E-state index in [4.69, 9.17) is 14.7 Å². The molecule has 1 N–H and O–H groups in total. The lowest BCUT2D eigenvalue weighted by Crippen LogP contribution is -2.13. The van der Waals surface area contributed by atoms with Gasteiger partial charge in [0.1, 0.15) is 17.3 Å². The monoisotopic (exact) mass is 233 g/mol. The number of benzene rings is 1. The molecule has 0 fully saturated rings. The van der Waals surface area contributed by atoms with Crippen LogP contribution in [0.15, 0.2) is 23.2 Å². The number of ether oxygens (including phenoxy) is 2. The molecule has 0 aliphatic rings. The van der Waals surface area contributed by atoms with Crippen molar-refractivity contribution in [3.05, 3.63) is 23.8 Å². The molecule has 0 radical (unpaired) electrons. The summed E-state index contributed by atoms with van der Waals surface area (Å²) in [6, 6.07) is 5.56. The van der Waals surface area contributed by atoms with Crippen molar-refractivity contribution in [3.8, 4) is 17.7 Å². The molecule has 1 aromatic rings. The first-order chi connectivity index (χ1) is 8.19. The summed E-state index contributed by atoms with van der Waals surface area (Å²) in [6.07, 6.45) is 1.82. The lowest BCUT2D eigenvalue weighted by Gasteiger charge is -2.07. The van der Waals surface area contributed by atoms with E-state index in [9.17, 15) is 0 Å². The topological polar surface area (TPSA) is 66.6 Å². The number of amidine groups is 1. The van der Waals surface area contributed by atoms with Gasteiger partial charge in [-0.25, -0.2) is 0 Å². The van der Waals surface area contributed by atoms with Crippen LogP contribution in [0.5, 0.6) is 11.5 Å². The summed E-state index contributed by atoms with van der Waals surface area (Å²) in [7, 11) is 3.20. The van der Waals surface area contributed by atoms with Gasteiger partial charge >= 0.3 is 0 Å². The van der Waals surface area contributed by atoms with Crippen molar-refractivity contribution in [1.29, 1.82) is 5.26 Å². The Kier molecular flexibility index (Phi) is 4.82. The Morgan fingerprint density at radius 2 is 1.88 bits per heavy atom.